The molecule has 1 aromatic rings. The SMILES string of the molecule is Cc1c(CO)cc([N+](=O)[O-])cc1C(=O)O. The van der Waals surface area contributed by atoms with Gasteiger partial charge in [-0.15, -0.1) is 0 Å². The Morgan fingerprint density at radius 3 is 2.53 bits per heavy atom. The van der Waals surface area contributed by atoms with E-state index in [4.69, 9.17) is 10.2 Å². The van der Waals surface area contributed by atoms with E-state index in [-0.39, 0.29) is 16.8 Å². The van der Waals surface area contributed by atoms with Crippen LogP contribution >= 0.6 is 0 Å². The lowest BCUT2D eigenvalue weighted by atomic mass is 10.0. The van der Waals surface area contributed by atoms with E-state index < -0.39 is 17.5 Å². The van der Waals surface area contributed by atoms with Crippen LogP contribution in [0.25, 0.3) is 0 Å². The maximum Gasteiger partial charge on any atom is 0.336 e. The molecule has 15 heavy (non-hydrogen) atoms. The predicted molar refractivity (Wildman–Crippen MR) is 50.7 cm³/mol. The minimum absolute atomic E-state index is 0.159. The lowest BCUT2D eigenvalue weighted by molar-refractivity contribution is -0.385. The van der Waals surface area contributed by atoms with Crippen molar-refractivity contribution in [2.24, 2.45) is 0 Å². The highest BCUT2D eigenvalue weighted by molar-refractivity contribution is 5.90. The van der Waals surface area contributed by atoms with Gasteiger partial charge in [-0.3, -0.25) is 10.1 Å². The number of benzene rings is 1. The van der Waals surface area contributed by atoms with Crippen LogP contribution in [0.1, 0.15) is 21.5 Å². The Bertz CT molecular complexity index is 427. The molecular formula is C9H9NO5. The molecule has 1 aromatic carbocycles. The number of non-ortho nitro benzene ring substituents is 1. The van der Waals surface area contributed by atoms with E-state index in [0.717, 1.165) is 6.07 Å². The number of carboxylic acid groups (broad SMARTS) is 1. The standard InChI is InChI=1S/C9H9NO5/c1-5-6(4-11)2-7(10(14)15)3-8(5)9(12)13/h2-3,11H,4H2,1H3,(H,12,13). The number of aliphatic hydroxyl groups excluding tert-OH is 1. The molecule has 0 amide bonds. The molecule has 0 spiro atoms. The molecule has 0 bridgehead atoms. The van der Waals surface area contributed by atoms with Gasteiger partial charge >= 0.3 is 5.97 Å². The zero-order chi connectivity index (χ0) is 11.6. The van der Waals surface area contributed by atoms with Crippen LogP contribution in [0.4, 0.5) is 5.69 Å². The van der Waals surface area contributed by atoms with E-state index in [2.05, 4.69) is 0 Å². The summed E-state index contributed by atoms with van der Waals surface area (Å²) in [5.74, 6) is -1.24. The number of carboxylic acids is 1. The molecule has 0 saturated heterocycles. The van der Waals surface area contributed by atoms with E-state index >= 15 is 0 Å². The quantitative estimate of drug-likeness (QED) is 0.575. The first kappa shape index (κ1) is 11.1. The first-order chi connectivity index (χ1) is 6.97. The molecule has 0 aromatic heterocycles. The van der Waals surface area contributed by atoms with Crippen molar-refractivity contribution >= 4 is 11.7 Å². The highest BCUT2D eigenvalue weighted by Gasteiger charge is 2.17. The number of nitrogens with zero attached hydrogens (tertiary/aromatic N) is 1. The van der Waals surface area contributed by atoms with Crippen molar-refractivity contribution in [3.05, 3.63) is 38.9 Å². The van der Waals surface area contributed by atoms with Crippen LogP contribution in [-0.2, 0) is 6.61 Å². The number of nitro benzene ring substituents is 1. The fraction of sp³-hybridized carbons (Fsp3) is 0.222. The number of nitro groups is 1. The molecule has 0 radical (unpaired) electrons. The average Bonchev–Trinajstić information content (AvgIpc) is 2.17. The third-order valence-electron chi connectivity index (χ3n) is 2.11. The largest absolute Gasteiger partial charge is 0.478 e. The van der Waals surface area contributed by atoms with Crippen molar-refractivity contribution < 1.29 is 19.9 Å². The Kier molecular flexibility index (Phi) is 3.01. The summed E-state index contributed by atoms with van der Waals surface area (Å²) in [6, 6.07) is 2.15. The van der Waals surface area contributed by atoms with Crippen molar-refractivity contribution in [3.8, 4) is 0 Å². The average molecular weight is 211 g/mol. The van der Waals surface area contributed by atoms with Gasteiger partial charge in [0, 0.05) is 12.1 Å². The Morgan fingerprint density at radius 2 is 2.13 bits per heavy atom. The van der Waals surface area contributed by atoms with Crippen molar-refractivity contribution in [1.82, 2.24) is 0 Å². The minimum atomic E-state index is -1.24. The summed E-state index contributed by atoms with van der Waals surface area (Å²) < 4.78 is 0. The lowest BCUT2D eigenvalue weighted by Gasteiger charge is -2.05. The van der Waals surface area contributed by atoms with Gasteiger partial charge in [-0.1, -0.05) is 0 Å². The van der Waals surface area contributed by atoms with E-state index in [1.165, 1.54) is 13.0 Å². The number of carbonyl (C=O) groups is 1. The van der Waals surface area contributed by atoms with Gasteiger partial charge in [0.15, 0.2) is 0 Å². The molecule has 1 rings (SSSR count). The van der Waals surface area contributed by atoms with Gasteiger partial charge in [-0.2, -0.15) is 0 Å². The molecule has 6 nitrogen and oxygen atoms in total. The predicted octanol–water partition coefficient (Wildman–Crippen LogP) is 1.09. The third-order valence-corrected chi connectivity index (χ3v) is 2.11. The summed E-state index contributed by atoms with van der Waals surface area (Å²) in [4.78, 5) is 20.6. The Labute approximate surface area is 84.9 Å². The zero-order valence-electron chi connectivity index (χ0n) is 7.93. The summed E-state index contributed by atoms with van der Waals surface area (Å²) in [5.41, 5.74) is 0.104. The molecule has 2 N–H and O–H groups in total. The first-order valence-electron chi connectivity index (χ1n) is 4.09. The molecule has 80 valence electrons. The van der Waals surface area contributed by atoms with E-state index in [9.17, 15) is 14.9 Å². The summed E-state index contributed by atoms with van der Waals surface area (Å²) in [6.07, 6.45) is 0. The number of hydrogen-bond acceptors (Lipinski definition) is 4. The van der Waals surface area contributed by atoms with Crippen LogP contribution in [0.2, 0.25) is 0 Å². The second-order valence-electron chi connectivity index (χ2n) is 3.00. The van der Waals surface area contributed by atoms with Crippen molar-refractivity contribution in [1.29, 1.82) is 0 Å². The smallest absolute Gasteiger partial charge is 0.336 e. The van der Waals surface area contributed by atoms with E-state index in [1.54, 1.807) is 0 Å². The number of aromatic carboxylic acids is 1. The molecule has 0 aliphatic rings. The molecule has 6 heteroatoms. The molecule has 0 saturated carbocycles. The van der Waals surface area contributed by atoms with E-state index in [0.29, 0.717) is 5.56 Å². The third kappa shape index (κ3) is 2.10. The van der Waals surface area contributed by atoms with Gasteiger partial charge in [0.2, 0.25) is 0 Å². The van der Waals surface area contributed by atoms with Crippen LogP contribution in [0.3, 0.4) is 0 Å². The monoisotopic (exact) mass is 211 g/mol. The fourth-order valence-electron chi connectivity index (χ4n) is 1.25. The summed E-state index contributed by atoms with van der Waals surface area (Å²) in [7, 11) is 0. The van der Waals surface area contributed by atoms with Crippen LogP contribution in [-0.4, -0.2) is 21.1 Å². The summed E-state index contributed by atoms with van der Waals surface area (Å²) in [6.45, 7) is 1.08. The lowest BCUT2D eigenvalue weighted by Crippen LogP contribution is -2.04. The van der Waals surface area contributed by atoms with Crippen molar-refractivity contribution in [2.75, 3.05) is 0 Å². The zero-order valence-corrected chi connectivity index (χ0v) is 7.93. The molecule has 0 unspecified atom stereocenters. The highest BCUT2D eigenvalue weighted by atomic mass is 16.6. The van der Waals surface area contributed by atoms with Crippen molar-refractivity contribution in [2.45, 2.75) is 13.5 Å². The normalized spacial score (nSPS) is 10.0. The van der Waals surface area contributed by atoms with Gasteiger partial charge < -0.3 is 10.2 Å². The van der Waals surface area contributed by atoms with Gasteiger partial charge in [0.25, 0.3) is 5.69 Å². The Morgan fingerprint density at radius 1 is 1.53 bits per heavy atom. The number of aliphatic hydroxyl groups is 1. The fourth-order valence-corrected chi connectivity index (χ4v) is 1.25. The van der Waals surface area contributed by atoms with Gasteiger partial charge in [0.1, 0.15) is 0 Å². The Hall–Kier alpha value is -1.95. The second-order valence-corrected chi connectivity index (χ2v) is 3.00. The van der Waals surface area contributed by atoms with Gasteiger partial charge in [0.05, 0.1) is 17.1 Å². The number of hydrogen-bond donors (Lipinski definition) is 2. The van der Waals surface area contributed by atoms with Crippen LogP contribution in [0, 0.1) is 17.0 Å². The molecule has 0 fully saturated rings. The molecule has 0 aliphatic carbocycles. The van der Waals surface area contributed by atoms with Gasteiger partial charge in [-0.05, 0) is 18.1 Å². The Balaban J connectivity index is 3.45. The summed E-state index contributed by atoms with van der Waals surface area (Å²) >= 11 is 0. The molecule has 0 heterocycles. The maximum atomic E-state index is 10.8. The highest BCUT2D eigenvalue weighted by Crippen LogP contribution is 2.22. The molecule has 0 aliphatic heterocycles. The first-order valence-corrected chi connectivity index (χ1v) is 4.09. The van der Waals surface area contributed by atoms with Crippen LogP contribution < -0.4 is 0 Å². The summed E-state index contributed by atoms with van der Waals surface area (Å²) in [5, 5.41) is 28.2. The van der Waals surface area contributed by atoms with Crippen LogP contribution in [0.5, 0.6) is 0 Å². The molecular weight excluding hydrogens is 202 g/mol. The van der Waals surface area contributed by atoms with Crippen molar-refractivity contribution in [3.63, 3.8) is 0 Å². The maximum absolute atomic E-state index is 10.8. The number of rotatable bonds is 3. The van der Waals surface area contributed by atoms with Gasteiger partial charge in [-0.25, -0.2) is 4.79 Å². The van der Waals surface area contributed by atoms with E-state index in [1.807, 2.05) is 0 Å². The molecule has 0 atom stereocenters. The minimum Gasteiger partial charge on any atom is -0.478 e. The topological polar surface area (TPSA) is 101 Å². The van der Waals surface area contributed by atoms with Crippen LogP contribution in [0.15, 0.2) is 12.1 Å². The second kappa shape index (κ2) is 4.05.